The Morgan fingerprint density at radius 1 is 1.38 bits per heavy atom. The molecule has 0 aliphatic rings. The zero-order chi connectivity index (χ0) is 12.0. The summed E-state index contributed by atoms with van der Waals surface area (Å²) in [6, 6.07) is 4.57. The number of phenols is 2. The summed E-state index contributed by atoms with van der Waals surface area (Å²) >= 11 is 0. The van der Waals surface area contributed by atoms with Crippen LogP contribution in [0.4, 0.5) is 0 Å². The molecule has 90 valence electrons. The van der Waals surface area contributed by atoms with Gasteiger partial charge in [0.25, 0.3) is 0 Å². The van der Waals surface area contributed by atoms with Crippen molar-refractivity contribution in [2.24, 2.45) is 0 Å². The lowest BCUT2D eigenvalue weighted by atomic mass is 10.1. The molecule has 5 heteroatoms. The van der Waals surface area contributed by atoms with Crippen LogP contribution in [-0.2, 0) is 11.3 Å². The summed E-state index contributed by atoms with van der Waals surface area (Å²) in [7, 11) is 1.55. The van der Waals surface area contributed by atoms with Crippen LogP contribution in [0.2, 0.25) is 0 Å². The molecule has 0 bridgehead atoms. The summed E-state index contributed by atoms with van der Waals surface area (Å²) < 4.78 is 4.90. The summed E-state index contributed by atoms with van der Waals surface area (Å²) in [6.45, 7) is 0.693. The van der Waals surface area contributed by atoms with Crippen LogP contribution in [0.5, 0.6) is 11.5 Å². The number of aliphatic hydroxyl groups is 1. The van der Waals surface area contributed by atoms with E-state index in [-0.39, 0.29) is 24.1 Å². The lowest BCUT2D eigenvalue weighted by molar-refractivity contribution is 0.128. The fourth-order valence-corrected chi connectivity index (χ4v) is 1.35. The number of para-hydroxylation sites is 1. The van der Waals surface area contributed by atoms with Gasteiger partial charge in [0.1, 0.15) is 0 Å². The van der Waals surface area contributed by atoms with E-state index >= 15 is 0 Å². The molecule has 16 heavy (non-hydrogen) atoms. The Morgan fingerprint density at radius 3 is 2.75 bits per heavy atom. The predicted octanol–water partition coefficient (Wildman–Crippen LogP) is 0.195. The number of aliphatic hydroxyl groups excluding tert-OH is 1. The molecule has 0 amide bonds. The Morgan fingerprint density at radius 2 is 2.12 bits per heavy atom. The largest absolute Gasteiger partial charge is 0.504 e. The molecule has 1 atom stereocenters. The van der Waals surface area contributed by atoms with Crippen LogP contribution in [0.1, 0.15) is 5.56 Å². The summed E-state index contributed by atoms with van der Waals surface area (Å²) in [5.74, 6) is -0.282. The standard InChI is InChI=1S/C11H17NO4/c1-16-7-9(6-13)12-5-8-3-2-4-10(14)11(8)15/h2-4,9,12-15H,5-7H2,1H3. The van der Waals surface area contributed by atoms with Crippen molar-refractivity contribution in [1.29, 1.82) is 0 Å². The van der Waals surface area contributed by atoms with E-state index in [1.807, 2.05) is 0 Å². The normalized spacial score (nSPS) is 12.6. The molecule has 0 saturated heterocycles. The van der Waals surface area contributed by atoms with Crippen molar-refractivity contribution in [3.05, 3.63) is 23.8 Å². The predicted molar refractivity (Wildman–Crippen MR) is 59.4 cm³/mol. The van der Waals surface area contributed by atoms with Gasteiger partial charge in [-0.25, -0.2) is 0 Å². The van der Waals surface area contributed by atoms with Gasteiger partial charge in [-0.2, -0.15) is 0 Å². The highest BCUT2D eigenvalue weighted by molar-refractivity contribution is 5.44. The van der Waals surface area contributed by atoms with Gasteiger partial charge in [0.05, 0.1) is 19.3 Å². The van der Waals surface area contributed by atoms with Crippen molar-refractivity contribution in [3.63, 3.8) is 0 Å². The van der Waals surface area contributed by atoms with Crippen LogP contribution >= 0.6 is 0 Å². The van der Waals surface area contributed by atoms with Gasteiger partial charge >= 0.3 is 0 Å². The molecule has 1 unspecified atom stereocenters. The maximum atomic E-state index is 9.53. The molecule has 1 aromatic carbocycles. The fraction of sp³-hybridized carbons (Fsp3) is 0.455. The van der Waals surface area contributed by atoms with E-state index in [0.29, 0.717) is 18.7 Å². The molecule has 0 aliphatic heterocycles. The van der Waals surface area contributed by atoms with E-state index in [1.54, 1.807) is 19.2 Å². The molecule has 0 spiro atoms. The molecular weight excluding hydrogens is 210 g/mol. The number of phenolic OH excluding ortho intramolecular Hbond substituents is 2. The maximum Gasteiger partial charge on any atom is 0.161 e. The maximum absolute atomic E-state index is 9.53. The zero-order valence-electron chi connectivity index (χ0n) is 9.18. The summed E-state index contributed by atoms with van der Waals surface area (Å²) in [6.07, 6.45) is 0. The highest BCUT2D eigenvalue weighted by Crippen LogP contribution is 2.27. The van der Waals surface area contributed by atoms with E-state index in [1.165, 1.54) is 6.07 Å². The number of hydrogen-bond donors (Lipinski definition) is 4. The van der Waals surface area contributed by atoms with Gasteiger partial charge in [0.15, 0.2) is 11.5 Å². The number of rotatable bonds is 6. The van der Waals surface area contributed by atoms with Crippen molar-refractivity contribution in [2.45, 2.75) is 12.6 Å². The van der Waals surface area contributed by atoms with Crippen LogP contribution in [0.3, 0.4) is 0 Å². The third-order valence-corrected chi connectivity index (χ3v) is 2.27. The second-order valence-electron chi connectivity index (χ2n) is 3.50. The van der Waals surface area contributed by atoms with E-state index in [4.69, 9.17) is 9.84 Å². The molecular formula is C11H17NO4. The van der Waals surface area contributed by atoms with Crippen LogP contribution < -0.4 is 5.32 Å². The number of hydrogen-bond acceptors (Lipinski definition) is 5. The summed E-state index contributed by atoms with van der Waals surface area (Å²) in [4.78, 5) is 0. The van der Waals surface area contributed by atoms with Crippen LogP contribution in [0.25, 0.3) is 0 Å². The minimum absolute atomic E-state index is 0.0482. The lowest BCUT2D eigenvalue weighted by Gasteiger charge is -2.15. The Bertz CT molecular complexity index is 330. The number of methoxy groups -OCH3 is 1. The van der Waals surface area contributed by atoms with E-state index in [0.717, 1.165) is 0 Å². The second-order valence-corrected chi connectivity index (χ2v) is 3.50. The molecule has 0 saturated carbocycles. The minimum Gasteiger partial charge on any atom is -0.504 e. The SMILES string of the molecule is COCC(CO)NCc1cccc(O)c1O. The first-order valence-electron chi connectivity index (χ1n) is 5.02. The molecule has 4 N–H and O–H groups in total. The van der Waals surface area contributed by atoms with E-state index in [2.05, 4.69) is 5.32 Å². The third-order valence-electron chi connectivity index (χ3n) is 2.27. The fourth-order valence-electron chi connectivity index (χ4n) is 1.35. The van der Waals surface area contributed by atoms with Gasteiger partial charge in [-0.05, 0) is 6.07 Å². The Kier molecular flexibility index (Phi) is 5.04. The minimum atomic E-state index is -0.188. The molecule has 0 radical (unpaired) electrons. The first kappa shape index (κ1) is 12.8. The number of ether oxygens (including phenoxy) is 1. The van der Waals surface area contributed by atoms with Crippen molar-refractivity contribution in [2.75, 3.05) is 20.3 Å². The van der Waals surface area contributed by atoms with Crippen molar-refractivity contribution in [3.8, 4) is 11.5 Å². The molecule has 0 aromatic heterocycles. The number of aromatic hydroxyl groups is 2. The van der Waals surface area contributed by atoms with Gasteiger partial charge < -0.3 is 25.4 Å². The lowest BCUT2D eigenvalue weighted by Crippen LogP contribution is -2.35. The number of benzene rings is 1. The average Bonchev–Trinajstić information content (AvgIpc) is 2.29. The van der Waals surface area contributed by atoms with Crippen LogP contribution in [0, 0.1) is 0 Å². The molecule has 5 nitrogen and oxygen atoms in total. The molecule has 0 fully saturated rings. The zero-order valence-corrected chi connectivity index (χ0v) is 9.18. The third kappa shape index (κ3) is 3.37. The quantitative estimate of drug-likeness (QED) is 0.522. The van der Waals surface area contributed by atoms with Gasteiger partial charge in [-0.3, -0.25) is 0 Å². The average molecular weight is 227 g/mol. The Hall–Kier alpha value is -1.30. The molecule has 1 rings (SSSR count). The first-order valence-corrected chi connectivity index (χ1v) is 5.02. The van der Waals surface area contributed by atoms with Gasteiger partial charge in [0.2, 0.25) is 0 Å². The van der Waals surface area contributed by atoms with Crippen molar-refractivity contribution >= 4 is 0 Å². The van der Waals surface area contributed by atoms with Crippen molar-refractivity contribution < 1.29 is 20.1 Å². The topological polar surface area (TPSA) is 82.0 Å². The van der Waals surface area contributed by atoms with Gasteiger partial charge in [-0.1, -0.05) is 12.1 Å². The van der Waals surface area contributed by atoms with Gasteiger partial charge in [0, 0.05) is 19.2 Å². The summed E-state index contributed by atoms with van der Waals surface area (Å²) in [5.41, 5.74) is 0.578. The van der Waals surface area contributed by atoms with Gasteiger partial charge in [-0.15, -0.1) is 0 Å². The van der Waals surface area contributed by atoms with E-state index in [9.17, 15) is 10.2 Å². The smallest absolute Gasteiger partial charge is 0.161 e. The van der Waals surface area contributed by atoms with E-state index < -0.39 is 0 Å². The Balaban J connectivity index is 2.56. The van der Waals surface area contributed by atoms with Crippen LogP contribution in [-0.4, -0.2) is 41.7 Å². The Labute approximate surface area is 94.3 Å². The highest BCUT2D eigenvalue weighted by atomic mass is 16.5. The van der Waals surface area contributed by atoms with Crippen molar-refractivity contribution in [1.82, 2.24) is 5.32 Å². The molecule has 0 heterocycles. The molecule has 1 aromatic rings. The monoisotopic (exact) mass is 227 g/mol. The first-order chi connectivity index (χ1) is 7.69. The van der Waals surface area contributed by atoms with Crippen LogP contribution in [0.15, 0.2) is 18.2 Å². The number of nitrogens with one attached hydrogen (secondary N) is 1. The molecule has 0 aliphatic carbocycles. The second kappa shape index (κ2) is 6.32. The highest BCUT2D eigenvalue weighted by Gasteiger charge is 2.09. The summed E-state index contributed by atoms with van der Waals surface area (Å²) in [5, 5.41) is 30.8.